The Labute approximate surface area is 112 Å². The van der Waals surface area contributed by atoms with E-state index < -0.39 is 6.10 Å². The van der Waals surface area contributed by atoms with Gasteiger partial charge in [0, 0.05) is 13.2 Å². The highest BCUT2D eigenvalue weighted by atomic mass is 35.5. The van der Waals surface area contributed by atoms with Crippen molar-refractivity contribution in [2.45, 2.75) is 31.6 Å². The van der Waals surface area contributed by atoms with Crippen LogP contribution in [0.4, 0.5) is 0 Å². The fourth-order valence-electron chi connectivity index (χ4n) is 2.17. The molecule has 0 aliphatic carbocycles. The Balaban J connectivity index is 2.12. The quantitative estimate of drug-likeness (QED) is 0.879. The molecule has 0 saturated carbocycles. The van der Waals surface area contributed by atoms with Crippen molar-refractivity contribution >= 4 is 11.6 Å². The van der Waals surface area contributed by atoms with E-state index >= 15 is 0 Å². The second-order valence-corrected chi connectivity index (χ2v) is 5.31. The summed E-state index contributed by atoms with van der Waals surface area (Å²) in [5.74, 6) is 0. The molecule has 1 aromatic heterocycles. The summed E-state index contributed by atoms with van der Waals surface area (Å²) >= 11 is 6.12. The molecular formula is C12H20ClN3O2. The molecule has 1 aromatic rings. The summed E-state index contributed by atoms with van der Waals surface area (Å²) in [7, 11) is 4.00. The van der Waals surface area contributed by atoms with Gasteiger partial charge < -0.3 is 14.7 Å². The molecule has 0 amide bonds. The maximum absolute atomic E-state index is 10.4. The Kier molecular flexibility index (Phi) is 4.61. The van der Waals surface area contributed by atoms with E-state index in [2.05, 4.69) is 10.00 Å². The molecule has 0 bridgehead atoms. The van der Waals surface area contributed by atoms with Crippen LogP contribution < -0.4 is 0 Å². The van der Waals surface area contributed by atoms with E-state index in [4.69, 9.17) is 16.3 Å². The predicted molar refractivity (Wildman–Crippen MR) is 69.7 cm³/mol. The van der Waals surface area contributed by atoms with Crippen molar-refractivity contribution in [1.82, 2.24) is 14.7 Å². The minimum absolute atomic E-state index is 0.155. The molecule has 1 N–H and O–H groups in total. The van der Waals surface area contributed by atoms with Crippen LogP contribution in [0.25, 0.3) is 0 Å². The molecule has 6 heteroatoms. The van der Waals surface area contributed by atoms with E-state index in [1.165, 1.54) is 0 Å². The second-order valence-electron chi connectivity index (χ2n) is 4.90. The molecule has 5 nitrogen and oxygen atoms in total. The summed E-state index contributed by atoms with van der Waals surface area (Å²) in [4.78, 5) is 2.07. The van der Waals surface area contributed by atoms with Crippen LogP contribution in [0, 0.1) is 0 Å². The largest absolute Gasteiger partial charge is 0.384 e. The molecular weight excluding hydrogens is 254 g/mol. The SMILES string of the molecule is CN(C)CCn1ncc(Cl)c1C(O)C1CCCO1. The second kappa shape index (κ2) is 6.02. The molecule has 2 unspecified atom stereocenters. The van der Waals surface area contributed by atoms with Crippen LogP contribution in [0.5, 0.6) is 0 Å². The van der Waals surface area contributed by atoms with Crippen LogP contribution >= 0.6 is 11.6 Å². The lowest BCUT2D eigenvalue weighted by molar-refractivity contribution is -0.00704. The molecule has 0 radical (unpaired) electrons. The van der Waals surface area contributed by atoms with Gasteiger partial charge in [-0.15, -0.1) is 0 Å². The van der Waals surface area contributed by atoms with Gasteiger partial charge in [-0.3, -0.25) is 4.68 Å². The zero-order valence-corrected chi connectivity index (χ0v) is 11.6. The summed E-state index contributed by atoms with van der Waals surface area (Å²) in [5.41, 5.74) is 0.672. The van der Waals surface area contributed by atoms with E-state index in [-0.39, 0.29) is 6.10 Å². The normalized spacial score (nSPS) is 21.7. The molecule has 1 saturated heterocycles. The lowest BCUT2D eigenvalue weighted by atomic mass is 10.1. The summed E-state index contributed by atoms with van der Waals surface area (Å²) in [6.07, 6.45) is 2.61. The first-order chi connectivity index (χ1) is 8.59. The summed E-state index contributed by atoms with van der Waals surface area (Å²) in [6.45, 7) is 2.27. The zero-order chi connectivity index (χ0) is 13.1. The summed E-state index contributed by atoms with van der Waals surface area (Å²) in [5, 5.41) is 15.1. The molecule has 2 atom stereocenters. The van der Waals surface area contributed by atoms with Gasteiger partial charge in [-0.25, -0.2) is 0 Å². The van der Waals surface area contributed by atoms with Gasteiger partial charge in [-0.05, 0) is 26.9 Å². The number of hydrogen-bond acceptors (Lipinski definition) is 4. The van der Waals surface area contributed by atoms with Gasteiger partial charge in [0.25, 0.3) is 0 Å². The van der Waals surface area contributed by atoms with E-state index in [1.54, 1.807) is 10.9 Å². The number of hydrogen-bond donors (Lipinski definition) is 1. The van der Waals surface area contributed by atoms with Crippen molar-refractivity contribution in [2.24, 2.45) is 0 Å². The highest BCUT2D eigenvalue weighted by molar-refractivity contribution is 6.31. The first-order valence-corrected chi connectivity index (χ1v) is 6.63. The number of likely N-dealkylation sites (N-methyl/N-ethyl adjacent to an activating group) is 1. The monoisotopic (exact) mass is 273 g/mol. The third kappa shape index (κ3) is 3.03. The lowest BCUT2D eigenvalue weighted by Crippen LogP contribution is -2.24. The number of aromatic nitrogens is 2. The number of ether oxygens (including phenoxy) is 1. The van der Waals surface area contributed by atoms with Gasteiger partial charge in [-0.1, -0.05) is 11.6 Å². The van der Waals surface area contributed by atoms with Crippen LogP contribution in [0.2, 0.25) is 5.02 Å². The van der Waals surface area contributed by atoms with Crippen molar-refractivity contribution in [3.63, 3.8) is 0 Å². The number of aliphatic hydroxyl groups excluding tert-OH is 1. The predicted octanol–water partition coefficient (Wildman–Crippen LogP) is 1.31. The molecule has 1 aliphatic heterocycles. The molecule has 0 spiro atoms. The molecule has 2 heterocycles. The van der Waals surface area contributed by atoms with E-state index in [0.717, 1.165) is 19.4 Å². The lowest BCUT2D eigenvalue weighted by Gasteiger charge is -2.20. The molecule has 1 aliphatic rings. The minimum Gasteiger partial charge on any atom is -0.384 e. The standard InChI is InChI=1S/C12H20ClN3O2/c1-15(2)5-6-16-11(9(13)8-14-16)12(17)10-4-3-7-18-10/h8,10,12,17H,3-7H2,1-2H3. The third-order valence-corrected chi connectivity index (χ3v) is 3.48. The average Bonchev–Trinajstić information content (AvgIpc) is 2.94. The maximum atomic E-state index is 10.4. The fraction of sp³-hybridized carbons (Fsp3) is 0.750. The molecule has 18 heavy (non-hydrogen) atoms. The zero-order valence-electron chi connectivity index (χ0n) is 10.8. The molecule has 102 valence electrons. The Morgan fingerprint density at radius 2 is 2.44 bits per heavy atom. The summed E-state index contributed by atoms with van der Waals surface area (Å²) < 4.78 is 7.29. The number of nitrogens with zero attached hydrogens (tertiary/aromatic N) is 3. The van der Waals surface area contributed by atoms with Gasteiger partial charge in [0.05, 0.1) is 29.6 Å². The van der Waals surface area contributed by atoms with Crippen molar-refractivity contribution < 1.29 is 9.84 Å². The van der Waals surface area contributed by atoms with Gasteiger partial charge >= 0.3 is 0 Å². The number of halogens is 1. The Morgan fingerprint density at radius 1 is 1.67 bits per heavy atom. The Bertz CT molecular complexity index is 389. The Hall–Kier alpha value is -0.620. The van der Waals surface area contributed by atoms with E-state index in [0.29, 0.717) is 23.9 Å². The maximum Gasteiger partial charge on any atom is 0.123 e. The average molecular weight is 274 g/mol. The van der Waals surface area contributed by atoms with Crippen molar-refractivity contribution in [1.29, 1.82) is 0 Å². The fourth-order valence-corrected chi connectivity index (χ4v) is 2.42. The van der Waals surface area contributed by atoms with Crippen LogP contribution in [-0.2, 0) is 11.3 Å². The number of aliphatic hydroxyl groups is 1. The van der Waals surface area contributed by atoms with Gasteiger partial charge in [-0.2, -0.15) is 5.10 Å². The highest BCUT2D eigenvalue weighted by Gasteiger charge is 2.29. The first kappa shape index (κ1) is 13.8. The Morgan fingerprint density at radius 3 is 3.06 bits per heavy atom. The van der Waals surface area contributed by atoms with Crippen molar-refractivity contribution in [3.8, 4) is 0 Å². The molecule has 0 aromatic carbocycles. The summed E-state index contributed by atoms with van der Waals surface area (Å²) in [6, 6.07) is 0. The van der Waals surface area contributed by atoms with Gasteiger partial charge in [0.2, 0.25) is 0 Å². The van der Waals surface area contributed by atoms with Crippen LogP contribution in [-0.4, -0.2) is 53.1 Å². The van der Waals surface area contributed by atoms with E-state index in [1.807, 2.05) is 14.1 Å². The van der Waals surface area contributed by atoms with Crippen LogP contribution in [0.3, 0.4) is 0 Å². The van der Waals surface area contributed by atoms with Gasteiger partial charge in [0.1, 0.15) is 6.10 Å². The van der Waals surface area contributed by atoms with E-state index in [9.17, 15) is 5.11 Å². The van der Waals surface area contributed by atoms with Crippen LogP contribution in [0.15, 0.2) is 6.20 Å². The third-order valence-electron chi connectivity index (χ3n) is 3.19. The van der Waals surface area contributed by atoms with Gasteiger partial charge in [0.15, 0.2) is 0 Å². The highest BCUT2D eigenvalue weighted by Crippen LogP contribution is 2.31. The minimum atomic E-state index is -0.690. The molecule has 2 rings (SSSR count). The van der Waals surface area contributed by atoms with Crippen molar-refractivity contribution in [3.05, 3.63) is 16.9 Å². The molecule has 1 fully saturated rings. The number of rotatable bonds is 5. The van der Waals surface area contributed by atoms with Crippen molar-refractivity contribution in [2.75, 3.05) is 27.2 Å². The topological polar surface area (TPSA) is 50.5 Å². The van der Waals surface area contributed by atoms with Crippen LogP contribution in [0.1, 0.15) is 24.6 Å². The smallest absolute Gasteiger partial charge is 0.123 e. The first-order valence-electron chi connectivity index (χ1n) is 6.25.